The Labute approximate surface area is 124 Å². The summed E-state index contributed by atoms with van der Waals surface area (Å²) in [5, 5.41) is 9.42. The lowest BCUT2D eigenvalue weighted by atomic mass is 9.71. The van der Waals surface area contributed by atoms with Crippen molar-refractivity contribution in [2.45, 2.75) is 46.1 Å². The molecular weight excluding hydrogens is 278 g/mol. The number of aromatic carboxylic acids is 1. The highest BCUT2D eigenvalue weighted by Crippen LogP contribution is 2.40. The molecule has 1 heterocycles. The highest BCUT2D eigenvalue weighted by Gasteiger charge is 2.34. The normalized spacial score (nSPS) is 25.2. The second kappa shape index (κ2) is 5.60. The topological polar surface area (TPSA) is 59.4 Å². The number of halogens is 1. The van der Waals surface area contributed by atoms with E-state index in [1.54, 1.807) is 0 Å². The molecule has 0 amide bonds. The number of carbonyl (C=O) groups is 1. The average molecular weight is 298 g/mol. The van der Waals surface area contributed by atoms with Crippen LogP contribution in [-0.2, 0) is 0 Å². The van der Waals surface area contributed by atoms with Gasteiger partial charge in [0.1, 0.15) is 16.8 Å². The monoisotopic (exact) mass is 297 g/mol. The van der Waals surface area contributed by atoms with Crippen LogP contribution in [0.3, 0.4) is 0 Å². The van der Waals surface area contributed by atoms with E-state index in [9.17, 15) is 9.90 Å². The number of pyridine rings is 1. The van der Waals surface area contributed by atoms with E-state index in [1.807, 2.05) is 0 Å². The highest BCUT2D eigenvalue weighted by atomic mass is 35.5. The molecule has 2 rings (SSSR count). The smallest absolute Gasteiger partial charge is 0.341 e. The lowest BCUT2D eigenvalue weighted by Crippen LogP contribution is -2.34. The Kier molecular flexibility index (Phi) is 4.23. The van der Waals surface area contributed by atoms with Crippen molar-refractivity contribution in [1.82, 2.24) is 4.98 Å². The fourth-order valence-corrected chi connectivity index (χ4v) is 3.32. The molecule has 1 fully saturated rings. The van der Waals surface area contributed by atoms with Crippen molar-refractivity contribution in [3.63, 3.8) is 0 Å². The van der Waals surface area contributed by atoms with Crippen molar-refractivity contribution in [3.8, 4) is 5.88 Å². The van der Waals surface area contributed by atoms with E-state index in [4.69, 9.17) is 16.3 Å². The Morgan fingerprint density at radius 2 is 2.15 bits per heavy atom. The fourth-order valence-electron chi connectivity index (χ4n) is 3.18. The first-order valence-electron chi connectivity index (χ1n) is 6.83. The van der Waals surface area contributed by atoms with Gasteiger partial charge in [-0.3, -0.25) is 0 Å². The predicted molar refractivity (Wildman–Crippen MR) is 77.4 cm³/mol. The molecule has 1 aromatic rings. The van der Waals surface area contributed by atoms with Gasteiger partial charge in [-0.05, 0) is 42.7 Å². The van der Waals surface area contributed by atoms with E-state index in [2.05, 4.69) is 25.8 Å². The first-order chi connectivity index (χ1) is 9.27. The number of carboxylic acid groups (broad SMARTS) is 1. The Morgan fingerprint density at radius 1 is 1.45 bits per heavy atom. The minimum atomic E-state index is -1.05. The van der Waals surface area contributed by atoms with Gasteiger partial charge in [0.2, 0.25) is 5.88 Å². The van der Waals surface area contributed by atoms with Crippen LogP contribution in [0.4, 0.5) is 0 Å². The van der Waals surface area contributed by atoms with Gasteiger partial charge in [-0.2, -0.15) is 0 Å². The number of hydrogen-bond donors (Lipinski definition) is 1. The lowest BCUT2D eigenvalue weighted by molar-refractivity contribution is 0.0504. The molecule has 4 nitrogen and oxygen atoms in total. The molecular formula is C15H20ClNO3. The van der Waals surface area contributed by atoms with Crippen molar-refractivity contribution in [2.24, 2.45) is 11.3 Å². The van der Waals surface area contributed by atoms with Gasteiger partial charge in [-0.1, -0.05) is 32.4 Å². The van der Waals surface area contributed by atoms with E-state index in [-0.39, 0.29) is 28.1 Å². The number of ether oxygens (including phenoxy) is 1. The average Bonchev–Trinajstić information content (AvgIpc) is 2.25. The van der Waals surface area contributed by atoms with E-state index in [0.717, 1.165) is 19.3 Å². The zero-order chi connectivity index (χ0) is 14.9. The zero-order valence-corrected chi connectivity index (χ0v) is 12.8. The van der Waals surface area contributed by atoms with Crippen molar-refractivity contribution in [3.05, 3.63) is 22.8 Å². The van der Waals surface area contributed by atoms with Crippen LogP contribution in [0.15, 0.2) is 12.1 Å². The molecule has 0 bridgehead atoms. The highest BCUT2D eigenvalue weighted by molar-refractivity contribution is 6.29. The third-order valence-corrected chi connectivity index (χ3v) is 3.89. The van der Waals surface area contributed by atoms with Gasteiger partial charge in [-0.15, -0.1) is 0 Å². The molecule has 1 aromatic heterocycles. The number of hydrogen-bond acceptors (Lipinski definition) is 3. The second-order valence-corrected chi connectivity index (χ2v) is 6.83. The van der Waals surface area contributed by atoms with Crippen molar-refractivity contribution in [1.29, 1.82) is 0 Å². The number of rotatable bonds is 3. The summed E-state index contributed by atoms with van der Waals surface area (Å²) in [6, 6.07) is 2.90. The summed E-state index contributed by atoms with van der Waals surface area (Å²) in [6.45, 7) is 6.62. The first kappa shape index (κ1) is 15.1. The van der Waals surface area contributed by atoms with Gasteiger partial charge < -0.3 is 9.84 Å². The van der Waals surface area contributed by atoms with Crippen LogP contribution in [0, 0.1) is 11.3 Å². The Morgan fingerprint density at radius 3 is 2.75 bits per heavy atom. The summed E-state index contributed by atoms with van der Waals surface area (Å²) < 4.78 is 5.86. The molecule has 1 aliphatic carbocycles. The molecule has 2 atom stereocenters. The maximum atomic E-state index is 11.2. The third-order valence-electron chi connectivity index (χ3n) is 3.68. The maximum absolute atomic E-state index is 11.2. The minimum Gasteiger partial charge on any atom is -0.477 e. The first-order valence-corrected chi connectivity index (χ1v) is 7.21. The minimum absolute atomic E-state index is 0.0159. The van der Waals surface area contributed by atoms with Crippen LogP contribution in [0.25, 0.3) is 0 Å². The van der Waals surface area contributed by atoms with Crippen LogP contribution in [0.2, 0.25) is 5.15 Å². The summed E-state index contributed by atoms with van der Waals surface area (Å²) in [7, 11) is 0. The van der Waals surface area contributed by atoms with Gasteiger partial charge in [0.15, 0.2) is 0 Å². The quantitative estimate of drug-likeness (QED) is 0.856. The molecule has 110 valence electrons. The van der Waals surface area contributed by atoms with Gasteiger partial charge in [-0.25, -0.2) is 9.78 Å². The molecule has 0 radical (unpaired) electrons. The van der Waals surface area contributed by atoms with E-state index in [1.165, 1.54) is 12.1 Å². The van der Waals surface area contributed by atoms with Crippen molar-refractivity contribution < 1.29 is 14.6 Å². The molecule has 2 unspecified atom stereocenters. The Bertz CT molecular complexity index is 516. The van der Waals surface area contributed by atoms with Crippen LogP contribution < -0.4 is 4.74 Å². The zero-order valence-electron chi connectivity index (χ0n) is 12.0. The summed E-state index contributed by atoms with van der Waals surface area (Å²) in [6.07, 6.45) is 2.95. The van der Waals surface area contributed by atoms with E-state index >= 15 is 0 Å². The molecule has 1 saturated carbocycles. The van der Waals surface area contributed by atoms with Gasteiger partial charge in [0.25, 0.3) is 0 Å². The Hall–Kier alpha value is -1.29. The van der Waals surface area contributed by atoms with Gasteiger partial charge >= 0.3 is 5.97 Å². The molecule has 5 heteroatoms. The Balaban J connectivity index is 2.21. The standard InChI is InChI=1S/C15H20ClNO3/c1-9-6-10(8-15(2,3)7-9)20-13-11(14(18)19)4-5-12(16)17-13/h4-5,9-10H,6-8H2,1-3H3,(H,18,19). The fraction of sp³-hybridized carbons (Fsp3) is 0.600. The van der Waals surface area contributed by atoms with Crippen LogP contribution >= 0.6 is 11.6 Å². The van der Waals surface area contributed by atoms with E-state index < -0.39 is 5.97 Å². The van der Waals surface area contributed by atoms with Crippen LogP contribution in [0.1, 0.15) is 50.4 Å². The number of nitrogens with zero attached hydrogens (tertiary/aromatic N) is 1. The SMILES string of the molecule is CC1CC(Oc2nc(Cl)ccc2C(=O)O)CC(C)(C)C1. The molecule has 1 aliphatic rings. The summed E-state index contributed by atoms with van der Waals surface area (Å²) in [5.74, 6) is -0.372. The molecule has 0 aliphatic heterocycles. The molecule has 0 spiro atoms. The lowest BCUT2D eigenvalue weighted by Gasteiger charge is -2.38. The van der Waals surface area contributed by atoms with Crippen LogP contribution in [-0.4, -0.2) is 22.2 Å². The summed E-state index contributed by atoms with van der Waals surface area (Å²) >= 11 is 5.84. The largest absolute Gasteiger partial charge is 0.477 e. The molecule has 0 saturated heterocycles. The second-order valence-electron chi connectivity index (χ2n) is 6.45. The summed E-state index contributed by atoms with van der Waals surface area (Å²) in [4.78, 5) is 15.2. The summed E-state index contributed by atoms with van der Waals surface area (Å²) in [5.41, 5.74) is 0.259. The molecule has 20 heavy (non-hydrogen) atoms. The van der Waals surface area contributed by atoms with Crippen molar-refractivity contribution in [2.75, 3.05) is 0 Å². The van der Waals surface area contributed by atoms with Crippen LogP contribution in [0.5, 0.6) is 5.88 Å². The molecule has 1 N–H and O–H groups in total. The van der Waals surface area contributed by atoms with Gasteiger partial charge in [0.05, 0.1) is 0 Å². The third kappa shape index (κ3) is 3.63. The maximum Gasteiger partial charge on any atom is 0.341 e. The number of aromatic nitrogens is 1. The predicted octanol–water partition coefficient (Wildman–Crippen LogP) is 4.03. The van der Waals surface area contributed by atoms with Gasteiger partial charge in [0, 0.05) is 0 Å². The van der Waals surface area contributed by atoms with E-state index in [0.29, 0.717) is 5.92 Å². The molecule has 0 aromatic carbocycles. The van der Waals surface area contributed by atoms with Crippen molar-refractivity contribution >= 4 is 17.6 Å². The number of carboxylic acids is 1.